The summed E-state index contributed by atoms with van der Waals surface area (Å²) in [6.07, 6.45) is 0. The summed E-state index contributed by atoms with van der Waals surface area (Å²) in [5.41, 5.74) is 0.808. The molecule has 142 valence electrons. The van der Waals surface area contributed by atoms with Crippen LogP contribution in [-0.4, -0.2) is 54.9 Å². The van der Waals surface area contributed by atoms with E-state index in [-0.39, 0.29) is 11.8 Å². The Hall–Kier alpha value is -1.95. The molecular formula is C19H17Cl3N2O3. The zero-order valence-corrected chi connectivity index (χ0v) is 16.8. The molecule has 1 saturated heterocycles. The second kappa shape index (κ2) is 8.38. The van der Waals surface area contributed by atoms with E-state index in [1.807, 2.05) is 0 Å². The molecule has 0 unspecified atom stereocenters. The van der Waals surface area contributed by atoms with Crippen molar-refractivity contribution in [1.29, 1.82) is 0 Å². The zero-order chi connectivity index (χ0) is 19.6. The highest BCUT2D eigenvalue weighted by molar-refractivity contribution is 6.36. The van der Waals surface area contributed by atoms with Crippen LogP contribution < -0.4 is 4.74 Å². The average molecular weight is 428 g/mol. The van der Waals surface area contributed by atoms with Crippen LogP contribution in [0.4, 0.5) is 0 Å². The van der Waals surface area contributed by atoms with Gasteiger partial charge in [0.25, 0.3) is 11.8 Å². The Bertz CT molecular complexity index is 880. The molecule has 1 aliphatic heterocycles. The van der Waals surface area contributed by atoms with E-state index in [2.05, 4.69) is 0 Å². The van der Waals surface area contributed by atoms with Crippen molar-refractivity contribution in [3.05, 3.63) is 62.6 Å². The van der Waals surface area contributed by atoms with Gasteiger partial charge in [-0.1, -0.05) is 34.8 Å². The van der Waals surface area contributed by atoms with Gasteiger partial charge >= 0.3 is 0 Å². The minimum Gasteiger partial charge on any atom is -0.496 e. The monoisotopic (exact) mass is 426 g/mol. The van der Waals surface area contributed by atoms with Crippen molar-refractivity contribution in [3.8, 4) is 5.75 Å². The third kappa shape index (κ3) is 4.32. The lowest BCUT2D eigenvalue weighted by Crippen LogP contribution is -2.50. The molecule has 0 radical (unpaired) electrons. The van der Waals surface area contributed by atoms with Gasteiger partial charge in [0.05, 0.1) is 23.3 Å². The highest BCUT2D eigenvalue weighted by atomic mass is 35.5. The Morgan fingerprint density at radius 2 is 1.33 bits per heavy atom. The summed E-state index contributed by atoms with van der Waals surface area (Å²) < 4.78 is 5.26. The largest absolute Gasteiger partial charge is 0.496 e. The van der Waals surface area contributed by atoms with Crippen molar-refractivity contribution < 1.29 is 14.3 Å². The highest BCUT2D eigenvalue weighted by Gasteiger charge is 2.27. The Labute approximate surface area is 172 Å². The molecular weight excluding hydrogens is 411 g/mol. The number of halogens is 3. The van der Waals surface area contributed by atoms with Crippen molar-refractivity contribution in [2.75, 3.05) is 33.3 Å². The van der Waals surface area contributed by atoms with Crippen LogP contribution >= 0.6 is 34.8 Å². The summed E-state index contributed by atoms with van der Waals surface area (Å²) in [7, 11) is 1.51. The molecule has 1 fully saturated rings. The van der Waals surface area contributed by atoms with E-state index < -0.39 is 0 Å². The number of benzene rings is 2. The van der Waals surface area contributed by atoms with Crippen LogP contribution in [0.15, 0.2) is 36.4 Å². The minimum absolute atomic E-state index is 0.175. The fourth-order valence-electron chi connectivity index (χ4n) is 2.96. The highest BCUT2D eigenvalue weighted by Crippen LogP contribution is 2.26. The number of piperazine rings is 1. The molecule has 5 nitrogen and oxygen atoms in total. The standard InChI is InChI=1S/C19H17Cl3N2O3/c1-27-17-5-3-12(20)10-15(17)19(26)24-8-6-23(7-9-24)18(25)14-4-2-13(21)11-16(14)22/h2-5,10-11H,6-9H2,1H3. The number of carbonyl (C=O) groups is 2. The molecule has 3 rings (SSSR count). The molecule has 2 aromatic rings. The lowest BCUT2D eigenvalue weighted by molar-refractivity contribution is 0.0533. The molecule has 27 heavy (non-hydrogen) atoms. The van der Waals surface area contributed by atoms with Gasteiger partial charge < -0.3 is 14.5 Å². The van der Waals surface area contributed by atoms with Crippen molar-refractivity contribution in [3.63, 3.8) is 0 Å². The van der Waals surface area contributed by atoms with Gasteiger partial charge in [-0.2, -0.15) is 0 Å². The quantitative estimate of drug-likeness (QED) is 0.735. The normalized spacial score (nSPS) is 14.2. The van der Waals surface area contributed by atoms with E-state index >= 15 is 0 Å². The zero-order valence-electron chi connectivity index (χ0n) is 14.5. The van der Waals surface area contributed by atoms with Crippen LogP contribution in [0.5, 0.6) is 5.75 Å². The first-order valence-corrected chi connectivity index (χ1v) is 9.41. The molecule has 0 aliphatic carbocycles. The summed E-state index contributed by atoms with van der Waals surface area (Å²) in [5, 5.41) is 1.25. The first kappa shape index (κ1) is 19.8. The van der Waals surface area contributed by atoms with Crippen molar-refractivity contribution in [2.45, 2.75) is 0 Å². The third-order valence-electron chi connectivity index (χ3n) is 4.41. The van der Waals surface area contributed by atoms with E-state index in [0.29, 0.717) is 58.1 Å². The number of hydrogen-bond donors (Lipinski definition) is 0. The predicted octanol–water partition coefficient (Wildman–Crippen LogP) is 4.25. The van der Waals surface area contributed by atoms with Crippen LogP contribution in [0.25, 0.3) is 0 Å². The predicted molar refractivity (Wildman–Crippen MR) is 106 cm³/mol. The van der Waals surface area contributed by atoms with Crippen molar-refractivity contribution in [2.24, 2.45) is 0 Å². The number of rotatable bonds is 3. The van der Waals surface area contributed by atoms with Gasteiger partial charge in [0, 0.05) is 36.2 Å². The van der Waals surface area contributed by atoms with Gasteiger partial charge in [0.2, 0.25) is 0 Å². The second-order valence-electron chi connectivity index (χ2n) is 6.05. The van der Waals surface area contributed by atoms with E-state index in [1.165, 1.54) is 7.11 Å². The molecule has 0 aromatic heterocycles. The van der Waals surface area contributed by atoms with Gasteiger partial charge in [-0.15, -0.1) is 0 Å². The summed E-state index contributed by atoms with van der Waals surface area (Å²) in [5.74, 6) is 0.117. The van der Waals surface area contributed by atoms with E-state index in [1.54, 1.807) is 46.2 Å². The van der Waals surface area contributed by atoms with Crippen molar-refractivity contribution >= 4 is 46.6 Å². The van der Waals surface area contributed by atoms with Gasteiger partial charge in [0.15, 0.2) is 0 Å². The average Bonchev–Trinajstić information content (AvgIpc) is 2.67. The molecule has 2 aromatic carbocycles. The Kier molecular flexibility index (Phi) is 6.15. The fourth-order valence-corrected chi connectivity index (χ4v) is 3.63. The summed E-state index contributed by atoms with van der Waals surface area (Å²) in [6.45, 7) is 1.63. The molecule has 0 bridgehead atoms. The van der Waals surface area contributed by atoms with Crippen LogP contribution in [0.1, 0.15) is 20.7 Å². The van der Waals surface area contributed by atoms with Gasteiger partial charge in [0.1, 0.15) is 5.75 Å². The molecule has 0 atom stereocenters. The van der Waals surface area contributed by atoms with Gasteiger partial charge in [-0.05, 0) is 36.4 Å². The second-order valence-corrected chi connectivity index (χ2v) is 7.33. The van der Waals surface area contributed by atoms with Crippen molar-refractivity contribution in [1.82, 2.24) is 9.80 Å². The van der Waals surface area contributed by atoms with E-state index in [9.17, 15) is 9.59 Å². The Morgan fingerprint density at radius 1 is 0.815 bits per heavy atom. The van der Waals surface area contributed by atoms with Crippen LogP contribution in [0.3, 0.4) is 0 Å². The molecule has 2 amide bonds. The van der Waals surface area contributed by atoms with Gasteiger partial charge in [-0.25, -0.2) is 0 Å². The summed E-state index contributed by atoms with van der Waals surface area (Å²) in [4.78, 5) is 28.9. The van der Waals surface area contributed by atoms with Crippen LogP contribution in [0.2, 0.25) is 15.1 Å². The number of hydrogen-bond acceptors (Lipinski definition) is 3. The van der Waals surface area contributed by atoms with Crippen LogP contribution in [-0.2, 0) is 0 Å². The molecule has 1 aliphatic rings. The number of ether oxygens (including phenoxy) is 1. The molecule has 0 N–H and O–H groups in total. The smallest absolute Gasteiger partial charge is 0.257 e. The maximum absolute atomic E-state index is 12.8. The maximum Gasteiger partial charge on any atom is 0.257 e. The number of amides is 2. The minimum atomic E-state index is -0.177. The third-order valence-corrected chi connectivity index (χ3v) is 5.19. The number of carbonyl (C=O) groups excluding carboxylic acids is 2. The molecule has 8 heteroatoms. The maximum atomic E-state index is 12.8. The fraction of sp³-hybridized carbons (Fsp3) is 0.263. The summed E-state index contributed by atoms with van der Waals surface area (Å²) in [6, 6.07) is 9.71. The topological polar surface area (TPSA) is 49.9 Å². The first-order chi connectivity index (χ1) is 12.9. The lowest BCUT2D eigenvalue weighted by Gasteiger charge is -2.35. The molecule has 0 saturated carbocycles. The molecule has 0 spiro atoms. The van der Waals surface area contributed by atoms with E-state index in [4.69, 9.17) is 39.5 Å². The number of nitrogens with zero attached hydrogens (tertiary/aromatic N) is 2. The first-order valence-electron chi connectivity index (χ1n) is 8.28. The Morgan fingerprint density at radius 3 is 1.89 bits per heavy atom. The lowest BCUT2D eigenvalue weighted by atomic mass is 10.1. The Balaban J connectivity index is 1.69. The SMILES string of the molecule is COc1ccc(Cl)cc1C(=O)N1CCN(C(=O)c2ccc(Cl)cc2Cl)CC1. The van der Waals surface area contributed by atoms with Gasteiger partial charge in [-0.3, -0.25) is 9.59 Å². The number of methoxy groups -OCH3 is 1. The van der Waals surface area contributed by atoms with Crippen LogP contribution in [0, 0.1) is 0 Å². The summed E-state index contributed by atoms with van der Waals surface area (Å²) >= 11 is 18.0. The van der Waals surface area contributed by atoms with E-state index in [0.717, 1.165) is 0 Å². The molecule has 1 heterocycles.